The first-order valence-electron chi connectivity index (χ1n) is 5.01. The zero-order valence-corrected chi connectivity index (χ0v) is 10.4. The van der Waals surface area contributed by atoms with E-state index in [-0.39, 0.29) is 11.8 Å². The molecule has 5 nitrogen and oxygen atoms in total. The van der Waals surface area contributed by atoms with Crippen molar-refractivity contribution in [3.05, 3.63) is 12.3 Å². The quantitative estimate of drug-likeness (QED) is 0.593. The fourth-order valence-corrected chi connectivity index (χ4v) is 0.763. The minimum atomic E-state index is -0.724. The van der Waals surface area contributed by atoms with Crippen LogP contribution in [0, 0.1) is 0 Å². The molecule has 5 heteroatoms. The van der Waals surface area contributed by atoms with Crippen LogP contribution in [0.5, 0.6) is 0 Å². The van der Waals surface area contributed by atoms with Gasteiger partial charge in [-0.2, -0.15) is 0 Å². The average Bonchev–Trinajstić information content (AvgIpc) is 1.98. The number of ether oxygens (including phenoxy) is 2. The lowest BCUT2D eigenvalue weighted by atomic mass is 10.2. The van der Waals surface area contributed by atoms with E-state index in [0.717, 1.165) is 0 Å². The summed E-state index contributed by atoms with van der Waals surface area (Å²) in [4.78, 5) is 22.5. The van der Waals surface area contributed by atoms with Crippen LogP contribution in [-0.2, 0) is 14.3 Å². The Morgan fingerprint density at radius 2 is 1.75 bits per heavy atom. The number of amides is 1. The molecule has 0 radical (unpaired) electrons. The summed E-state index contributed by atoms with van der Waals surface area (Å²) in [7, 11) is 0. The first-order chi connectivity index (χ1) is 7.11. The molecule has 16 heavy (non-hydrogen) atoms. The second kappa shape index (κ2) is 5.53. The van der Waals surface area contributed by atoms with E-state index < -0.39 is 17.7 Å². The van der Waals surface area contributed by atoms with Gasteiger partial charge >= 0.3 is 12.1 Å². The Bertz CT molecular complexity index is 289. The summed E-state index contributed by atoms with van der Waals surface area (Å²) in [6.07, 6.45) is -0.983. The number of hydrogen-bond donors (Lipinski definition) is 1. The Hall–Kier alpha value is -1.52. The molecule has 0 aromatic carbocycles. The molecule has 0 aliphatic rings. The largest absolute Gasteiger partial charge is 0.458 e. The van der Waals surface area contributed by atoms with Gasteiger partial charge in [0.25, 0.3) is 0 Å². The predicted molar refractivity (Wildman–Crippen MR) is 59.7 cm³/mol. The highest BCUT2D eigenvalue weighted by atomic mass is 16.6. The lowest BCUT2D eigenvalue weighted by Crippen LogP contribution is -2.34. The first kappa shape index (κ1) is 14.5. The normalized spacial score (nSPS) is 10.9. The third-order valence-electron chi connectivity index (χ3n) is 1.24. The molecule has 1 N–H and O–H groups in total. The monoisotopic (exact) mass is 229 g/mol. The fourth-order valence-electron chi connectivity index (χ4n) is 0.763. The predicted octanol–water partition coefficient (Wildman–Crippen LogP) is 1.98. The summed E-state index contributed by atoms with van der Waals surface area (Å²) in [5.74, 6) is -0.666. The van der Waals surface area contributed by atoms with Crippen molar-refractivity contribution in [1.29, 1.82) is 0 Å². The van der Waals surface area contributed by atoms with E-state index in [9.17, 15) is 9.59 Å². The van der Waals surface area contributed by atoms with Crippen LogP contribution >= 0.6 is 0 Å². The van der Waals surface area contributed by atoms with E-state index in [1.165, 1.54) is 0 Å². The highest BCUT2D eigenvalue weighted by Crippen LogP contribution is 2.07. The van der Waals surface area contributed by atoms with Crippen LogP contribution in [-0.4, -0.2) is 23.8 Å². The maximum absolute atomic E-state index is 11.3. The molecule has 0 unspecified atom stereocenters. The molecule has 0 saturated heterocycles. The summed E-state index contributed by atoms with van der Waals surface area (Å²) < 4.78 is 9.78. The van der Waals surface area contributed by atoms with Crippen molar-refractivity contribution in [1.82, 2.24) is 5.32 Å². The smallest absolute Gasteiger partial charge is 0.412 e. The number of rotatable bonds is 3. The molecule has 0 rings (SSSR count). The Morgan fingerprint density at radius 1 is 1.25 bits per heavy atom. The number of esters is 1. The highest BCUT2D eigenvalue weighted by Gasteiger charge is 2.19. The van der Waals surface area contributed by atoms with E-state index >= 15 is 0 Å². The number of nitrogens with one attached hydrogen (secondary N) is 1. The van der Waals surface area contributed by atoms with Gasteiger partial charge in [0.1, 0.15) is 11.3 Å². The first-order valence-corrected chi connectivity index (χ1v) is 5.01. The molecule has 0 aliphatic heterocycles. The van der Waals surface area contributed by atoms with E-state index in [1.54, 1.807) is 34.6 Å². The molecular formula is C11H19NO4. The minimum absolute atomic E-state index is 0.136. The van der Waals surface area contributed by atoms with Crippen molar-refractivity contribution in [3.8, 4) is 0 Å². The van der Waals surface area contributed by atoms with Crippen molar-refractivity contribution < 1.29 is 19.1 Å². The summed E-state index contributed by atoms with van der Waals surface area (Å²) in [6.45, 7) is 12.0. The molecule has 0 heterocycles. The molecular weight excluding hydrogens is 210 g/mol. The van der Waals surface area contributed by atoms with Gasteiger partial charge in [0, 0.05) is 0 Å². The van der Waals surface area contributed by atoms with Crippen LogP contribution < -0.4 is 5.32 Å². The number of carbonyl (C=O) groups excluding carboxylic acids is 2. The maximum Gasteiger partial charge on any atom is 0.412 e. The van der Waals surface area contributed by atoms with Gasteiger partial charge in [0.2, 0.25) is 0 Å². The molecule has 0 bridgehead atoms. The summed E-state index contributed by atoms with van der Waals surface area (Å²) in [6, 6.07) is 0. The molecule has 1 amide bonds. The van der Waals surface area contributed by atoms with Gasteiger partial charge in [-0.25, -0.2) is 9.59 Å². The topological polar surface area (TPSA) is 64.6 Å². The second-order valence-corrected chi connectivity index (χ2v) is 4.56. The molecule has 0 fully saturated rings. The Morgan fingerprint density at radius 3 is 2.12 bits per heavy atom. The van der Waals surface area contributed by atoms with E-state index in [2.05, 4.69) is 11.9 Å². The number of alkyl carbamates (subject to hydrolysis) is 1. The number of hydrogen-bond acceptors (Lipinski definition) is 4. The SMILES string of the molecule is C=C(NC(=O)OC(C)(C)C)C(=O)OC(C)C. The van der Waals surface area contributed by atoms with Crippen molar-refractivity contribution in [2.75, 3.05) is 0 Å². The molecule has 0 aromatic heterocycles. The summed E-state index contributed by atoms with van der Waals surface area (Å²) in [5, 5.41) is 2.21. The number of carbonyl (C=O) groups is 2. The average molecular weight is 229 g/mol. The molecule has 0 atom stereocenters. The van der Waals surface area contributed by atoms with Gasteiger partial charge in [-0.05, 0) is 34.6 Å². The van der Waals surface area contributed by atoms with E-state index in [0.29, 0.717) is 0 Å². The summed E-state index contributed by atoms with van der Waals surface area (Å²) >= 11 is 0. The zero-order chi connectivity index (χ0) is 12.9. The Balaban J connectivity index is 4.15. The standard InChI is InChI=1S/C11H19NO4/c1-7(2)15-9(13)8(3)12-10(14)16-11(4,5)6/h7H,3H2,1-2,4-6H3,(H,12,14). The van der Waals surface area contributed by atoms with Crippen molar-refractivity contribution >= 4 is 12.1 Å². The molecule has 0 saturated carbocycles. The van der Waals surface area contributed by atoms with Gasteiger partial charge in [-0.3, -0.25) is 5.32 Å². The van der Waals surface area contributed by atoms with Crippen molar-refractivity contribution in [2.24, 2.45) is 0 Å². The molecule has 0 spiro atoms. The van der Waals surface area contributed by atoms with Gasteiger partial charge in [0.15, 0.2) is 0 Å². The molecule has 92 valence electrons. The maximum atomic E-state index is 11.3. The van der Waals surface area contributed by atoms with Crippen molar-refractivity contribution in [2.45, 2.75) is 46.3 Å². The third kappa shape index (κ3) is 6.86. The zero-order valence-electron chi connectivity index (χ0n) is 10.4. The van der Waals surface area contributed by atoms with Crippen LogP contribution in [0.3, 0.4) is 0 Å². The highest BCUT2D eigenvalue weighted by molar-refractivity contribution is 5.91. The Labute approximate surface area is 95.8 Å². The van der Waals surface area contributed by atoms with Crippen LogP contribution in [0.4, 0.5) is 4.79 Å². The van der Waals surface area contributed by atoms with Gasteiger partial charge < -0.3 is 9.47 Å². The van der Waals surface area contributed by atoms with E-state index in [1.807, 2.05) is 0 Å². The third-order valence-corrected chi connectivity index (χ3v) is 1.24. The Kier molecular flexibility index (Phi) is 5.01. The van der Waals surface area contributed by atoms with Crippen LogP contribution in [0.1, 0.15) is 34.6 Å². The van der Waals surface area contributed by atoms with Gasteiger partial charge in [0.05, 0.1) is 6.10 Å². The molecule has 0 aliphatic carbocycles. The second-order valence-electron chi connectivity index (χ2n) is 4.56. The minimum Gasteiger partial charge on any atom is -0.458 e. The van der Waals surface area contributed by atoms with Crippen LogP contribution in [0.25, 0.3) is 0 Å². The van der Waals surface area contributed by atoms with Crippen LogP contribution in [0.15, 0.2) is 12.3 Å². The molecule has 0 aromatic rings. The lowest BCUT2D eigenvalue weighted by Gasteiger charge is -2.20. The fraction of sp³-hybridized carbons (Fsp3) is 0.636. The van der Waals surface area contributed by atoms with Gasteiger partial charge in [-0.15, -0.1) is 0 Å². The van der Waals surface area contributed by atoms with Crippen LogP contribution in [0.2, 0.25) is 0 Å². The summed E-state index contributed by atoms with van der Waals surface area (Å²) in [5.41, 5.74) is -0.755. The van der Waals surface area contributed by atoms with Gasteiger partial charge in [-0.1, -0.05) is 6.58 Å². The lowest BCUT2D eigenvalue weighted by molar-refractivity contribution is -0.143. The van der Waals surface area contributed by atoms with E-state index in [4.69, 9.17) is 9.47 Å². The van der Waals surface area contributed by atoms with Crippen molar-refractivity contribution in [3.63, 3.8) is 0 Å².